The Morgan fingerprint density at radius 1 is 1.22 bits per heavy atom. The molecule has 4 aromatic rings. The maximum absolute atomic E-state index is 12.4. The fourth-order valence-electron chi connectivity index (χ4n) is 2.85. The van der Waals surface area contributed by atoms with Gasteiger partial charge in [-0.25, -0.2) is 13.8 Å². The fraction of sp³-hybridized carbons (Fsp3) is 0.0476. The number of rotatable bonds is 9. The molecule has 1 amide bonds. The van der Waals surface area contributed by atoms with Crippen LogP contribution in [0.4, 0.5) is 11.4 Å². The zero-order valence-corrected chi connectivity index (χ0v) is 20.9. The van der Waals surface area contributed by atoms with Crippen molar-refractivity contribution in [1.82, 2.24) is 20.2 Å². The first kappa shape index (κ1) is 25.0. The Kier molecular flexibility index (Phi) is 7.42. The molecule has 0 fully saturated rings. The zero-order valence-electron chi connectivity index (χ0n) is 18.4. The Labute approximate surface area is 213 Å². The highest BCUT2D eigenvalue weighted by Gasteiger charge is 2.18. The lowest BCUT2D eigenvalue weighted by Crippen LogP contribution is -2.17. The fourth-order valence-corrected chi connectivity index (χ4v) is 5.75. The van der Waals surface area contributed by atoms with Crippen LogP contribution in [0.1, 0.15) is 15.9 Å². The third-order valence-electron chi connectivity index (χ3n) is 4.59. The molecule has 2 aromatic carbocycles. The van der Waals surface area contributed by atoms with Crippen molar-refractivity contribution in [2.24, 2.45) is 12.1 Å². The zero-order chi connectivity index (χ0) is 25.7. The van der Waals surface area contributed by atoms with E-state index < -0.39 is 20.9 Å². The standard InChI is InChI=1S/C21H17N7O5S3/c1-27-13-23-25-21(27)35-18-9-4-14(11-17(18)28(30)31)12-22-24-20(29)15-5-7-16(8-6-15)26-36(32,33)19-3-2-10-34-19/h2-13,26H,1H3,(H,24,29). The Morgan fingerprint density at radius 3 is 2.64 bits per heavy atom. The summed E-state index contributed by atoms with van der Waals surface area (Å²) in [6, 6.07) is 13.5. The van der Waals surface area contributed by atoms with Crippen molar-refractivity contribution in [1.29, 1.82) is 0 Å². The molecule has 0 atom stereocenters. The molecule has 0 saturated heterocycles. The van der Waals surface area contributed by atoms with Crippen molar-refractivity contribution in [3.63, 3.8) is 0 Å². The average molecular weight is 544 g/mol. The second-order valence-corrected chi connectivity index (χ2v) is 11.0. The number of aromatic nitrogens is 3. The molecule has 12 nitrogen and oxygen atoms in total. The molecule has 36 heavy (non-hydrogen) atoms. The summed E-state index contributed by atoms with van der Waals surface area (Å²) in [6.45, 7) is 0. The molecule has 4 rings (SSSR count). The third-order valence-corrected chi connectivity index (χ3v) is 8.49. The quantitative estimate of drug-likeness (QED) is 0.184. The summed E-state index contributed by atoms with van der Waals surface area (Å²) in [4.78, 5) is 23.8. The van der Waals surface area contributed by atoms with Gasteiger partial charge < -0.3 is 4.57 Å². The lowest BCUT2D eigenvalue weighted by molar-refractivity contribution is -0.387. The van der Waals surface area contributed by atoms with E-state index in [1.165, 1.54) is 48.9 Å². The minimum atomic E-state index is -3.69. The SMILES string of the molecule is Cn1cnnc1Sc1ccc(C=NNC(=O)c2ccc(NS(=O)(=O)c3cccs3)cc2)cc1[N+](=O)[O-]. The van der Waals surface area contributed by atoms with Gasteiger partial charge in [-0.1, -0.05) is 12.1 Å². The van der Waals surface area contributed by atoms with Gasteiger partial charge in [0, 0.05) is 29.9 Å². The maximum atomic E-state index is 12.4. The van der Waals surface area contributed by atoms with Crippen molar-refractivity contribution in [2.75, 3.05) is 4.72 Å². The Balaban J connectivity index is 1.40. The van der Waals surface area contributed by atoms with Crippen LogP contribution in [0.2, 0.25) is 0 Å². The molecule has 2 heterocycles. The third kappa shape index (κ3) is 5.94. The van der Waals surface area contributed by atoms with Gasteiger partial charge in [0.2, 0.25) is 0 Å². The van der Waals surface area contributed by atoms with Crippen molar-refractivity contribution < 1.29 is 18.1 Å². The second kappa shape index (κ2) is 10.7. The van der Waals surface area contributed by atoms with E-state index in [4.69, 9.17) is 0 Å². The number of hydrogen-bond donors (Lipinski definition) is 2. The van der Waals surface area contributed by atoms with Gasteiger partial charge in [-0.05, 0) is 53.5 Å². The average Bonchev–Trinajstić information content (AvgIpc) is 3.53. The summed E-state index contributed by atoms with van der Waals surface area (Å²) < 4.78 is 28.8. The number of carbonyl (C=O) groups excluding carboxylic acids is 1. The minimum absolute atomic E-state index is 0.140. The molecule has 0 aliphatic carbocycles. The van der Waals surface area contributed by atoms with Crippen LogP contribution in [0.3, 0.4) is 0 Å². The summed E-state index contributed by atoms with van der Waals surface area (Å²) in [5.74, 6) is -0.539. The van der Waals surface area contributed by atoms with Crippen LogP contribution >= 0.6 is 23.1 Å². The molecule has 15 heteroatoms. The van der Waals surface area contributed by atoms with Crippen LogP contribution < -0.4 is 10.1 Å². The van der Waals surface area contributed by atoms with Gasteiger partial charge in [0.15, 0.2) is 5.16 Å². The molecule has 0 bridgehead atoms. The highest BCUT2D eigenvalue weighted by atomic mass is 32.2. The molecule has 184 valence electrons. The maximum Gasteiger partial charge on any atom is 0.283 e. The van der Waals surface area contributed by atoms with E-state index in [1.807, 2.05) is 0 Å². The van der Waals surface area contributed by atoms with E-state index in [-0.39, 0.29) is 15.5 Å². The van der Waals surface area contributed by atoms with Crippen molar-refractivity contribution in [2.45, 2.75) is 14.3 Å². The van der Waals surface area contributed by atoms with Crippen LogP contribution in [0.15, 0.2) is 85.7 Å². The van der Waals surface area contributed by atoms with E-state index in [9.17, 15) is 23.3 Å². The Morgan fingerprint density at radius 2 is 2.00 bits per heavy atom. The number of anilines is 1. The summed E-state index contributed by atoms with van der Waals surface area (Å²) in [5, 5.41) is 25.2. The van der Waals surface area contributed by atoms with Crippen LogP contribution in [-0.4, -0.2) is 40.2 Å². The highest BCUT2D eigenvalue weighted by Crippen LogP contribution is 2.33. The summed E-state index contributed by atoms with van der Waals surface area (Å²) in [7, 11) is -1.96. The molecule has 0 aliphatic heterocycles. The van der Waals surface area contributed by atoms with Crippen LogP contribution in [0.25, 0.3) is 0 Å². The normalized spacial score (nSPS) is 11.5. The first-order chi connectivity index (χ1) is 17.2. The number of benzene rings is 2. The van der Waals surface area contributed by atoms with Gasteiger partial charge in [0.05, 0.1) is 16.0 Å². The molecule has 2 N–H and O–H groups in total. The van der Waals surface area contributed by atoms with Gasteiger partial charge in [0.25, 0.3) is 21.6 Å². The molecule has 0 spiro atoms. The first-order valence-corrected chi connectivity index (χ1v) is 13.2. The monoisotopic (exact) mass is 543 g/mol. The number of nitrogens with one attached hydrogen (secondary N) is 2. The van der Waals surface area contributed by atoms with Gasteiger partial charge in [0.1, 0.15) is 10.5 Å². The molecular weight excluding hydrogens is 526 g/mol. The van der Waals surface area contributed by atoms with Gasteiger partial charge in [-0.3, -0.25) is 19.6 Å². The molecule has 2 aromatic heterocycles. The van der Waals surface area contributed by atoms with Crippen LogP contribution in [-0.2, 0) is 17.1 Å². The first-order valence-electron chi connectivity index (χ1n) is 10.0. The molecular formula is C21H17N7O5S3. The van der Waals surface area contributed by atoms with Crippen molar-refractivity contribution >= 4 is 56.6 Å². The lowest BCUT2D eigenvalue weighted by atomic mass is 10.2. The Hall–Kier alpha value is -4.08. The highest BCUT2D eigenvalue weighted by molar-refractivity contribution is 7.99. The predicted octanol–water partition coefficient (Wildman–Crippen LogP) is 3.50. The number of nitrogens with zero attached hydrogens (tertiary/aromatic N) is 5. The number of nitro benzene ring substituents is 1. The number of thiophene rings is 1. The topological polar surface area (TPSA) is 161 Å². The molecule has 0 unspecified atom stereocenters. The molecule has 0 radical (unpaired) electrons. The van der Waals surface area contributed by atoms with E-state index >= 15 is 0 Å². The predicted molar refractivity (Wildman–Crippen MR) is 135 cm³/mol. The summed E-state index contributed by atoms with van der Waals surface area (Å²) >= 11 is 2.20. The van der Waals surface area contributed by atoms with Gasteiger partial charge in [-0.15, -0.1) is 21.5 Å². The van der Waals surface area contributed by atoms with Crippen LogP contribution in [0, 0.1) is 10.1 Å². The van der Waals surface area contributed by atoms with Gasteiger partial charge >= 0.3 is 0 Å². The van der Waals surface area contributed by atoms with E-state index in [0.717, 1.165) is 23.1 Å². The largest absolute Gasteiger partial charge is 0.311 e. The smallest absolute Gasteiger partial charge is 0.283 e. The Bertz CT molecular complexity index is 1530. The molecule has 0 saturated carbocycles. The van der Waals surface area contributed by atoms with Crippen molar-refractivity contribution in [3.05, 3.63) is 87.5 Å². The van der Waals surface area contributed by atoms with Crippen LogP contribution in [0.5, 0.6) is 0 Å². The lowest BCUT2D eigenvalue weighted by Gasteiger charge is -2.07. The number of aryl methyl sites for hydroxylation is 1. The summed E-state index contributed by atoms with van der Waals surface area (Å²) in [6.07, 6.45) is 2.78. The van der Waals surface area contributed by atoms with Gasteiger partial charge in [-0.2, -0.15) is 5.10 Å². The number of nitro groups is 1. The number of amides is 1. The van der Waals surface area contributed by atoms with E-state index in [1.54, 1.807) is 35.2 Å². The van der Waals surface area contributed by atoms with E-state index in [2.05, 4.69) is 25.4 Å². The number of hydrazone groups is 1. The van der Waals surface area contributed by atoms with Crippen molar-refractivity contribution in [3.8, 4) is 0 Å². The molecule has 0 aliphatic rings. The summed E-state index contributed by atoms with van der Waals surface area (Å²) in [5.41, 5.74) is 3.15. The minimum Gasteiger partial charge on any atom is -0.311 e. The number of sulfonamides is 1. The van der Waals surface area contributed by atoms with E-state index in [0.29, 0.717) is 21.3 Å². The number of hydrogen-bond acceptors (Lipinski definition) is 10. The second-order valence-electron chi connectivity index (χ2n) is 7.12. The number of carbonyl (C=O) groups is 1.